The van der Waals surface area contributed by atoms with E-state index in [-0.39, 0.29) is 0 Å². The summed E-state index contributed by atoms with van der Waals surface area (Å²) in [5, 5.41) is 3.25. The lowest BCUT2D eigenvalue weighted by molar-refractivity contribution is 0.0302. The normalized spacial score (nSPS) is 16.0. The summed E-state index contributed by atoms with van der Waals surface area (Å²) < 4.78 is 16.0. The van der Waals surface area contributed by atoms with Gasteiger partial charge in [0.25, 0.3) is 0 Å². The summed E-state index contributed by atoms with van der Waals surface area (Å²) in [6, 6.07) is 11.8. The minimum absolute atomic E-state index is 0.405. The Morgan fingerprint density at radius 1 is 1.09 bits per heavy atom. The third-order valence-corrected chi connectivity index (χ3v) is 3.90. The van der Waals surface area contributed by atoms with Gasteiger partial charge in [-0.3, -0.25) is 5.32 Å². The first kappa shape index (κ1) is 15.4. The Morgan fingerprint density at radius 3 is 2.48 bits per heavy atom. The van der Waals surface area contributed by atoms with Crippen molar-refractivity contribution in [2.75, 3.05) is 14.2 Å². The average molecular weight is 313 g/mol. The summed E-state index contributed by atoms with van der Waals surface area (Å²) in [6.07, 6.45) is -0.487. The van der Waals surface area contributed by atoms with Crippen LogP contribution in [0.15, 0.2) is 36.4 Å². The number of carbonyl (C=O) groups is 1. The second-order valence-electron chi connectivity index (χ2n) is 5.42. The molecular weight excluding hydrogens is 294 g/mol. The van der Waals surface area contributed by atoms with Crippen molar-refractivity contribution in [3.8, 4) is 11.5 Å². The number of hydrogen-bond donors (Lipinski definition) is 1. The van der Waals surface area contributed by atoms with Crippen molar-refractivity contribution >= 4 is 5.97 Å². The second-order valence-corrected chi connectivity index (χ2v) is 5.42. The quantitative estimate of drug-likeness (QED) is 0.860. The van der Waals surface area contributed by atoms with Crippen molar-refractivity contribution in [1.82, 2.24) is 5.32 Å². The monoisotopic (exact) mass is 313 g/mol. The van der Waals surface area contributed by atoms with Crippen LogP contribution in [0.3, 0.4) is 0 Å². The number of benzene rings is 2. The maximum atomic E-state index is 12.2. The molecule has 1 aliphatic heterocycles. The Labute approximate surface area is 135 Å². The van der Waals surface area contributed by atoms with Crippen molar-refractivity contribution in [2.24, 2.45) is 0 Å². The molecular formula is C18H19NO4. The van der Waals surface area contributed by atoms with Gasteiger partial charge in [0.2, 0.25) is 0 Å². The average Bonchev–Trinajstić information content (AvgIpc) is 2.89. The first-order chi connectivity index (χ1) is 11.1. The van der Waals surface area contributed by atoms with Crippen LogP contribution in [0, 0.1) is 6.92 Å². The molecule has 1 atom stereocenters. The number of esters is 1. The van der Waals surface area contributed by atoms with Gasteiger partial charge >= 0.3 is 5.97 Å². The standard InChI is InChI=1S/C18H19NO4/c1-11-4-6-12(7-5-11)10-19-17-13-8-9-14(21-2)16(22-3)15(13)18(20)23-17/h4-9,17,19H,10H2,1-3H3. The van der Waals surface area contributed by atoms with Crippen LogP contribution in [0.5, 0.6) is 11.5 Å². The SMILES string of the molecule is COc1ccc2c(c1OC)C(=O)OC2NCc1ccc(C)cc1. The van der Waals surface area contributed by atoms with Crippen LogP contribution in [-0.4, -0.2) is 20.2 Å². The largest absolute Gasteiger partial charge is 0.493 e. The Hall–Kier alpha value is -2.53. The summed E-state index contributed by atoms with van der Waals surface area (Å²) in [4.78, 5) is 12.2. The molecule has 0 fully saturated rings. The molecule has 0 bridgehead atoms. The number of fused-ring (bicyclic) bond motifs is 1. The van der Waals surface area contributed by atoms with Crippen LogP contribution in [0.4, 0.5) is 0 Å². The van der Waals surface area contributed by atoms with Crippen molar-refractivity contribution < 1.29 is 19.0 Å². The highest BCUT2D eigenvalue weighted by Gasteiger charge is 2.35. The lowest BCUT2D eigenvalue weighted by Crippen LogP contribution is -2.20. The minimum Gasteiger partial charge on any atom is -0.493 e. The molecule has 1 aliphatic rings. The fraction of sp³-hybridized carbons (Fsp3) is 0.278. The van der Waals surface area contributed by atoms with Gasteiger partial charge in [0.15, 0.2) is 17.7 Å². The molecule has 1 heterocycles. The van der Waals surface area contributed by atoms with Crippen molar-refractivity contribution in [3.05, 3.63) is 58.7 Å². The third-order valence-electron chi connectivity index (χ3n) is 3.90. The van der Waals surface area contributed by atoms with Gasteiger partial charge < -0.3 is 14.2 Å². The van der Waals surface area contributed by atoms with Gasteiger partial charge in [-0.05, 0) is 24.6 Å². The second kappa shape index (κ2) is 6.30. The highest BCUT2D eigenvalue weighted by molar-refractivity contribution is 5.98. The van der Waals surface area contributed by atoms with E-state index in [1.165, 1.54) is 19.8 Å². The highest BCUT2D eigenvalue weighted by Crippen LogP contribution is 2.40. The summed E-state index contributed by atoms with van der Waals surface area (Å²) in [6.45, 7) is 2.65. The van der Waals surface area contributed by atoms with Gasteiger partial charge in [-0.1, -0.05) is 29.8 Å². The molecule has 5 heteroatoms. The summed E-state index contributed by atoms with van der Waals surface area (Å²) >= 11 is 0. The van der Waals surface area contributed by atoms with Gasteiger partial charge in [0, 0.05) is 12.1 Å². The van der Waals surface area contributed by atoms with Gasteiger partial charge in [-0.25, -0.2) is 4.79 Å². The zero-order valence-electron chi connectivity index (χ0n) is 13.4. The van der Waals surface area contributed by atoms with Crippen LogP contribution in [-0.2, 0) is 11.3 Å². The smallest absolute Gasteiger partial charge is 0.344 e. The molecule has 120 valence electrons. The van der Waals surface area contributed by atoms with E-state index in [0.717, 1.165) is 11.1 Å². The van der Waals surface area contributed by atoms with Crippen LogP contribution >= 0.6 is 0 Å². The van der Waals surface area contributed by atoms with Crippen molar-refractivity contribution in [1.29, 1.82) is 0 Å². The summed E-state index contributed by atoms with van der Waals surface area (Å²) in [7, 11) is 3.05. The number of methoxy groups -OCH3 is 2. The maximum Gasteiger partial charge on any atom is 0.344 e. The van der Waals surface area contributed by atoms with E-state index in [1.54, 1.807) is 6.07 Å². The number of cyclic esters (lactones) is 1. The number of rotatable bonds is 5. The molecule has 1 unspecified atom stereocenters. The Morgan fingerprint density at radius 2 is 1.83 bits per heavy atom. The molecule has 2 aromatic rings. The van der Waals surface area contributed by atoms with Gasteiger partial charge in [0.1, 0.15) is 5.56 Å². The molecule has 23 heavy (non-hydrogen) atoms. The predicted molar refractivity (Wildman–Crippen MR) is 85.7 cm³/mol. The van der Waals surface area contributed by atoms with E-state index in [0.29, 0.717) is 23.6 Å². The van der Waals surface area contributed by atoms with Crippen LogP contribution in [0.2, 0.25) is 0 Å². The summed E-state index contributed by atoms with van der Waals surface area (Å²) in [5.74, 6) is 0.522. The number of nitrogens with one attached hydrogen (secondary N) is 1. The first-order valence-corrected chi connectivity index (χ1v) is 7.39. The Kier molecular flexibility index (Phi) is 4.21. The fourth-order valence-electron chi connectivity index (χ4n) is 2.67. The number of carbonyl (C=O) groups excluding carboxylic acids is 1. The molecule has 2 aromatic carbocycles. The lowest BCUT2D eigenvalue weighted by atomic mass is 10.1. The Balaban J connectivity index is 1.82. The zero-order valence-corrected chi connectivity index (χ0v) is 13.4. The van der Waals surface area contributed by atoms with Crippen LogP contribution < -0.4 is 14.8 Å². The lowest BCUT2D eigenvalue weighted by Gasteiger charge is -2.14. The molecule has 0 amide bonds. The van der Waals surface area contributed by atoms with E-state index in [1.807, 2.05) is 13.0 Å². The number of ether oxygens (including phenoxy) is 3. The van der Waals surface area contributed by atoms with E-state index < -0.39 is 12.2 Å². The molecule has 0 saturated heterocycles. The fourth-order valence-corrected chi connectivity index (χ4v) is 2.67. The third kappa shape index (κ3) is 2.87. The van der Waals surface area contributed by atoms with Gasteiger partial charge in [-0.2, -0.15) is 0 Å². The summed E-state index contributed by atoms with van der Waals surface area (Å²) in [5.41, 5.74) is 3.52. The molecule has 0 saturated carbocycles. The Bertz CT molecular complexity index is 725. The highest BCUT2D eigenvalue weighted by atomic mass is 16.6. The predicted octanol–water partition coefficient (Wildman–Crippen LogP) is 2.97. The number of aryl methyl sites for hydroxylation is 1. The van der Waals surface area contributed by atoms with Gasteiger partial charge in [-0.15, -0.1) is 0 Å². The van der Waals surface area contributed by atoms with Gasteiger partial charge in [0.05, 0.1) is 14.2 Å². The maximum absolute atomic E-state index is 12.2. The van der Waals surface area contributed by atoms with E-state index in [2.05, 4.69) is 29.6 Å². The first-order valence-electron chi connectivity index (χ1n) is 7.39. The van der Waals surface area contributed by atoms with Crippen molar-refractivity contribution in [3.63, 3.8) is 0 Å². The number of hydrogen-bond acceptors (Lipinski definition) is 5. The zero-order chi connectivity index (χ0) is 16.4. The molecule has 3 rings (SSSR count). The van der Waals surface area contributed by atoms with E-state index in [4.69, 9.17) is 14.2 Å². The molecule has 5 nitrogen and oxygen atoms in total. The van der Waals surface area contributed by atoms with Crippen molar-refractivity contribution in [2.45, 2.75) is 19.7 Å². The molecule has 0 radical (unpaired) electrons. The van der Waals surface area contributed by atoms with E-state index in [9.17, 15) is 4.79 Å². The minimum atomic E-state index is -0.487. The molecule has 0 aliphatic carbocycles. The molecule has 0 aromatic heterocycles. The molecule has 1 N–H and O–H groups in total. The topological polar surface area (TPSA) is 56.8 Å². The van der Waals surface area contributed by atoms with E-state index >= 15 is 0 Å². The van der Waals surface area contributed by atoms with Crippen LogP contribution in [0.25, 0.3) is 0 Å². The van der Waals surface area contributed by atoms with Crippen LogP contribution in [0.1, 0.15) is 33.3 Å². The molecule has 0 spiro atoms.